The maximum atomic E-state index is 13.1. The Balaban J connectivity index is 1.66. The van der Waals surface area contributed by atoms with E-state index in [0.29, 0.717) is 5.39 Å². The average Bonchev–Trinajstić information content (AvgIpc) is 3.14. The Morgan fingerprint density at radius 3 is 2.61 bits per heavy atom. The van der Waals surface area contributed by atoms with Crippen LogP contribution in [0.1, 0.15) is 22.5 Å². The van der Waals surface area contributed by atoms with Gasteiger partial charge >= 0.3 is 5.97 Å². The topological polar surface area (TPSA) is 107 Å². The molecule has 4 rings (SSSR count). The normalized spacial score (nSPS) is 22.3. The smallest absolute Gasteiger partial charge is 0.314 e. The number of carboxylic acid groups (broad SMARTS) is 1. The molecule has 3 aromatic rings. The summed E-state index contributed by atoms with van der Waals surface area (Å²) in [7, 11) is 0. The van der Waals surface area contributed by atoms with Crippen LogP contribution in [-0.2, 0) is 11.2 Å². The van der Waals surface area contributed by atoms with Crippen molar-refractivity contribution in [3.8, 4) is 0 Å². The number of carbonyl (C=O) groups is 2. The number of piperidine rings is 1. The number of aliphatic hydroxyl groups excluding tert-OH is 1. The second-order valence-corrected chi connectivity index (χ2v) is 7.27. The van der Waals surface area contributed by atoms with E-state index in [0.717, 1.165) is 11.1 Å². The number of carbonyl (C=O) groups excluding carboxylic acids is 1. The number of aromatic amines is 1. The van der Waals surface area contributed by atoms with E-state index in [1.165, 1.54) is 4.90 Å². The molecular formula is C21H21N3O4. The third-order valence-corrected chi connectivity index (χ3v) is 5.53. The summed E-state index contributed by atoms with van der Waals surface area (Å²) < 4.78 is 0. The summed E-state index contributed by atoms with van der Waals surface area (Å²) in [5, 5.41) is 28.3. The number of hydrogen-bond acceptors (Lipinski definition) is 4. The van der Waals surface area contributed by atoms with Gasteiger partial charge in [0.25, 0.3) is 5.91 Å². The maximum absolute atomic E-state index is 13.1. The number of H-pyrrole nitrogens is 1. The first kappa shape index (κ1) is 18.2. The molecule has 1 amide bonds. The molecule has 0 aliphatic carbocycles. The summed E-state index contributed by atoms with van der Waals surface area (Å²) in [4.78, 5) is 26.8. The Hall–Kier alpha value is -3.19. The third-order valence-electron chi connectivity index (χ3n) is 5.53. The second-order valence-electron chi connectivity index (χ2n) is 7.27. The zero-order chi connectivity index (χ0) is 19.7. The Kier molecular flexibility index (Phi) is 4.60. The minimum Gasteiger partial charge on any atom is -0.481 e. The summed E-state index contributed by atoms with van der Waals surface area (Å²) in [5.41, 5.74) is 0.368. The van der Waals surface area contributed by atoms with Gasteiger partial charge in [-0.3, -0.25) is 14.7 Å². The molecule has 0 bridgehead atoms. The fourth-order valence-electron chi connectivity index (χ4n) is 3.95. The van der Waals surface area contributed by atoms with Crippen LogP contribution in [0.25, 0.3) is 10.9 Å². The van der Waals surface area contributed by atoms with E-state index < -0.39 is 17.5 Å². The Morgan fingerprint density at radius 1 is 1.14 bits per heavy atom. The van der Waals surface area contributed by atoms with Crippen LogP contribution in [0.3, 0.4) is 0 Å². The van der Waals surface area contributed by atoms with E-state index in [1.807, 2.05) is 48.5 Å². The van der Waals surface area contributed by atoms with Crippen LogP contribution in [0.2, 0.25) is 0 Å². The predicted molar refractivity (Wildman–Crippen MR) is 103 cm³/mol. The molecule has 1 aliphatic heterocycles. The number of fused-ring (bicyclic) bond motifs is 1. The van der Waals surface area contributed by atoms with Crippen molar-refractivity contribution >= 4 is 22.8 Å². The molecule has 1 saturated heterocycles. The molecule has 3 N–H and O–H groups in total. The quantitative estimate of drug-likeness (QED) is 0.643. The lowest BCUT2D eigenvalue weighted by Gasteiger charge is -2.43. The number of para-hydroxylation sites is 1. The number of hydrogen-bond donors (Lipinski definition) is 3. The molecule has 0 unspecified atom stereocenters. The van der Waals surface area contributed by atoms with E-state index in [4.69, 9.17) is 0 Å². The lowest BCUT2D eigenvalue weighted by Crippen LogP contribution is -2.58. The second kappa shape index (κ2) is 7.09. The Labute approximate surface area is 161 Å². The molecular weight excluding hydrogens is 358 g/mol. The molecule has 2 aromatic carbocycles. The zero-order valence-electron chi connectivity index (χ0n) is 15.2. The minimum atomic E-state index is -1.46. The largest absolute Gasteiger partial charge is 0.481 e. The highest BCUT2D eigenvalue weighted by Gasteiger charge is 2.50. The first-order chi connectivity index (χ1) is 13.5. The van der Waals surface area contributed by atoms with Crippen molar-refractivity contribution in [1.29, 1.82) is 0 Å². The van der Waals surface area contributed by atoms with E-state index in [9.17, 15) is 19.8 Å². The first-order valence-corrected chi connectivity index (χ1v) is 9.19. The number of amides is 1. The fourth-order valence-corrected chi connectivity index (χ4v) is 3.95. The maximum Gasteiger partial charge on any atom is 0.314 e. The number of aromatic nitrogens is 2. The van der Waals surface area contributed by atoms with E-state index >= 15 is 0 Å². The minimum absolute atomic E-state index is 0.0710. The van der Waals surface area contributed by atoms with Gasteiger partial charge in [0, 0.05) is 18.5 Å². The molecule has 7 heteroatoms. The van der Waals surface area contributed by atoms with Crippen LogP contribution in [0.15, 0.2) is 54.6 Å². The third kappa shape index (κ3) is 3.03. The Bertz CT molecular complexity index is 1020. The van der Waals surface area contributed by atoms with Crippen LogP contribution in [-0.4, -0.2) is 56.4 Å². The van der Waals surface area contributed by atoms with Gasteiger partial charge in [0.2, 0.25) is 0 Å². The van der Waals surface area contributed by atoms with Gasteiger partial charge in [0.05, 0.1) is 11.6 Å². The standard InChI is InChI=1S/C21H21N3O4/c25-17-10-11-24(19(26)18-15-8-4-5-9-16(15)22-23-18)13-21(17,20(27)28)12-14-6-2-1-3-7-14/h1-9,17,25H,10-13H2,(H,22,23)(H,27,28)/t17-,21+/m0/s1. The molecule has 1 aliphatic rings. The molecule has 2 heterocycles. The highest BCUT2D eigenvalue weighted by molar-refractivity contribution is 6.04. The van der Waals surface area contributed by atoms with Gasteiger partial charge in [0.15, 0.2) is 5.69 Å². The molecule has 28 heavy (non-hydrogen) atoms. The van der Waals surface area contributed by atoms with Crippen molar-refractivity contribution in [1.82, 2.24) is 15.1 Å². The van der Waals surface area contributed by atoms with Crippen LogP contribution in [0, 0.1) is 5.41 Å². The summed E-state index contributed by atoms with van der Waals surface area (Å²) in [6, 6.07) is 16.5. The number of aliphatic carboxylic acids is 1. The molecule has 1 aromatic heterocycles. The number of rotatable bonds is 4. The highest BCUT2D eigenvalue weighted by Crippen LogP contribution is 2.35. The summed E-state index contributed by atoms with van der Waals surface area (Å²) >= 11 is 0. The predicted octanol–water partition coefficient (Wildman–Crippen LogP) is 2.08. The summed E-state index contributed by atoms with van der Waals surface area (Å²) in [6.45, 7) is 0.212. The molecule has 144 valence electrons. The van der Waals surface area contributed by atoms with Crippen molar-refractivity contribution < 1.29 is 19.8 Å². The SMILES string of the molecule is O=C(c1n[nH]c2ccccc12)N1CC[C@H](O)[C@](Cc2ccccc2)(C(=O)O)C1. The van der Waals surface area contributed by atoms with E-state index in [2.05, 4.69) is 10.2 Å². The van der Waals surface area contributed by atoms with Crippen LogP contribution >= 0.6 is 0 Å². The van der Waals surface area contributed by atoms with Crippen molar-refractivity contribution in [3.05, 3.63) is 65.9 Å². The molecule has 0 saturated carbocycles. The highest BCUT2D eigenvalue weighted by atomic mass is 16.4. The number of benzene rings is 2. The number of nitrogens with zero attached hydrogens (tertiary/aromatic N) is 2. The van der Waals surface area contributed by atoms with Crippen LogP contribution < -0.4 is 0 Å². The number of likely N-dealkylation sites (tertiary alicyclic amines) is 1. The van der Waals surface area contributed by atoms with Gasteiger partial charge < -0.3 is 15.1 Å². The lowest BCUT2D eigenvalue weighted by molar-refractivity contribution is -0.161. The molecule has 0 radical (unpaired) electrons. The average molecular weight is 379 g/mol. The van der Waals surface area contributed by atoms with Gasteiger partial charge in [-0.2, -0.15) is 5.10 Å². The first-order valence-electron chi connectivity index (χ1n) is 9.19. The number of aliphatic hydroxyl groups is 1. The molecule has 1 fully saturated rings. The Morgan fingerprint density at radius 2 is 1.86 bits per heavy atom. The molecule has 2 atom stereocenters. The van der Waals surface area contributed by atoms with Crippen molar-refractivity contribution in [2.24, 2.45) is 5.41 Å². The van der Waals surface area contributed by atoms with Gasteiger partial charge in [-0.05, 0) is 24.5 Å². The van der Waals surface area contributed by atoms with Crippen molar-refractivity contribution in [3.63, 3.8) is 0 Å². The van der Waals surface area contributed by atoms with Crippen molar-refractivity contribution in [2.45, 2.75) is 18.9 Å². The van der Waals surface area contributed by atoms with Crippen LogP contribution in [0.5, 0.6) is 0 Å². The van der Waals surface area contributed by atoms with Crippen LogP contribution in [0.4, 0.5) is 0 Å². The van der Waals surface area contributed by atoms with E-state index in [1.54, 1.807) is 6.07 Å². The number of nitrogens with one attached hydrogen (secondary N) is 1. The number of carboxylic acids is 1. The van der Waals surface area contributed by atoms with E-state index in [-0.39, 0.29) is 37.5 Å². The molecule has 7 nitrogen and oxygen atoms in total. The summed E-state index contributed by atoms with van der Waals surface area (Å²) in [5.74, 6) is -1.43. The van der Waals surface area contributed by atoms with Gasteiger partial charge in [0.1, 0.15) is 5.41 Å². The monoisotopic (exact) mass is 379 g/mol. The summed E-state index contributed by atoms with van der Waals surface area (Å²) in [6.07, 6.45) is -0.687. The lowest BCUT2D eigenvalue weighted by atomic mass is 9.72. The van der Waals surface area contributed by atoms with Gasteiger partial charge in [-0.1, -0.05) is 48.5 Å². The molecule has 0 spiro atoms. The van der Waals surface area contributed by atoms with Gasteiger partial charge in [-0.25, -0.2) is 0 Å². The zero-order valence-corrected chi connectivity index (χ0v) is 15.2. The van der Waals surface area contributed by atoms with Gasteiger partial charge in [-0.15, -0.1) is 0 Å². The van der Waals surface area contributed by atoms with Crippen molar-refractivity contribution in [2.75, 3.05) is 13.1 Å². The fraction of sp³-hybridized carbons (Fsp3) is 0.286.